The maximum Gasteiger partial charge on any atom is 0.416 e. The van der Waals surface area contributed by atoms with Crippen molar-refractivity contribution in [1.29, 1.82) is 0 Å². The molecule has 1 fully saturated rings. The lowest BCUT2D eigenvalue weighted by atomic mass is 10.0. The summed E-state index contributed by atoms with van der Waals surface area (Å²) in [5.41, 5.74) is 1.70. The lowest BCUT2D eigenvalue weighted by Gasteiger charge is -2.23. The van der Waals surface area contributed by atoms with E-state index in [-0.39, 0.29) is 6.10 Å². The summed E-state index contributed by atoms with van der Waals surface area (Å²) in [4.78, 5) is 4.38. The number of pyridine rings is 1. The first-order valence-corrected chi connectivity index (χ1v) is 7.45. The van der Waals surface area contributed by atoms with Crippen LogP contribution in [0.3, 0.4) is 0 Å². The fourth-order valence-corrected chi connectivity index (χ4v) is 2.58. The number of morpholine rings is 1. The molecule has 0 bridgehead atoms. The molecule has 0 amide bonds. The van der Waals surface area contributed by atoms with Gasteiger partial charge in [0, 0.05) is 19.3 Å². The summed E-state index contributed by atoms with van der Waals surface area (Å²) in [6.07, 6.45) is -2.26. The second-order valence-corrected chi connectivity index (χ2v) is 5.53. The molecule has 1 N–H and O–H groups in total. The molecule has 0 aliphatic carbocycles. The van der Waals surface area contributed by atoms with Crippen LogP contribution in [0.25, 0.3) is 0 Å². The van der Waals surface area contributed by atoms with Crippen molar-refractivity contribution in [3.8, 4) is 0 Å². The van der Waals surface area contributed by atoms with E-state index in [1.165, 1.54) is 12.1 Å². The lowest BCUT2D eigenvalue weighted by molar-refractivity contribution is -0.137. The van der Waals surface area contributed by atoms with Gasteiger partial charge in [-0.1, -0.05) is 24.3 Å². The topological polar surface area (TPSA) is 34.1 Å². The predicted octanol–water partition coefficient (Wildman–Crippen LogP) is 3.35. The van der Waals surface area contributed by atoms with Crippen LogP contribution in [0.4, 0.5) is 13.2 Å². The SMILES string of the molecule is FC(F)(F)c1cccc(Cc2ccc([C@@H]3CNCCO3)nc2)c1. The van der Waals surface area contributed by atoms with E-state index in [1.54, 1.807) is 12.3 Å². The highest BCUT2D eigenvalue weighted by molar-refractivity contribution is 5.30. The fraction of sp³-hybridized carbons (Fsp3) is 0.353. The molecule has 0 saturated carbocycles. The third kappa shape index (κ3) is 4.09. The van der Waals surface area contributed by atoms with E-state index in [0.717, 1.165) is 30.4 Å². The second kappa shape index (κ2) is 6.68. The Kier molecular flexibility index (Phi) is 4.63. The molecule has 23 heavy (non-hydrogen) atoms. The highest BCUT2D eigenvalue weighted by Crippen LogP contribution is 2.30. The third-order valence-corrected chi connectivity index (χ3v) is 3.77. The van der Waals surface area contributed by atoms with Crippen LogP contribution in [-0.4, -0.2) is 24.7 Å². The molecule has 3 nitrogen and oxygen atoms in total. The molecule has 0 spiro atoms. The summed E-state index contributed by atoms with van der Waals surface area (Å²) < 4.78 is 43.8. The second-order valence-electron chi connectivity index (χ2n) is 5.53. The van der Waals surface area contributed by atoms with Gasteiger partial charge in [0.2, 0.25) is 0 Å². The van der Waals surface area contributed by atoms with Gasteiger partial charge in [0.05, 0.1) is 17.9 Å². The molecule has 1 aromatic carbocycles. The van der Waals surface area contributed by atoms with Crippen molar-refractivity contribution in [2.45, 2.75) is 18.7 Å². The smallest absolute Gasteiger partial charge is 0.369 e. The van der Waals surface area contributed by atoms with Crippen molar-refractivity contribution < 1.29 is 17.9 Å². The van der Waals surface area contributed by atoms with Gasteiger partial charge in [0.15, 0.2) is 0 Å². The third-order valence-electron chi connectivity index (χ3n) is 3.77. The first-order chi connectivity index (χ1) is 11.0. The maximum atomic E-state index is 12.7. The molecule has 0 unspecified atom stereocenters. The number of hydrogen-bond donors (Lipinski definition) is 1. The molecule has 2 heterocycles. The highest BCUT2D eigenvalue weighted by atomic mass is 19.4. The Labute approximate surface area is 132 Å². The molecule has 2 aromatic rings. The molecule has 6 heteroatoms. The average molecular weight is 322 g/mol. The summed E-state index contributed by atoms with van der Waals surface area (Å²) in [7, 11) is 0. The van der Waals surface area contributed by atoms with E-state index in [0.29, 0.717) is 18.6 Å². The Morgan fingerprint density at radius 1 is 1.17 bits per heavy atom. The van der Waals surface area contributed by atoms with Crippen molar-refractivity contribution in [1.82, 2.24) is 10.3 Å². The quantitative estimate of drug-likeness (QED) is 0.941. The van der Waals surface area contributed by atoms with Gasteiger partial charge < -0.3 is 10.1 Å². The number of nitrogens with zero attached hydrogens (tertiary/aromatic N) is 1. The number of alkyl halides is 3. The summed E-state index contributed by atoms with van der Waals surface area (Å²) in [5, 5.41) is 3.24. The van der Waals surface area contributed by atoms with Gasteiger partial charge >= 0.3 is 6.18 Å². The zero-order chi connectivity index (χ0) is 16.3. The van der Waals surface area contributed by atoms with Crippen LogP contribution >= 0.6 is 0 Å². The van der Waals surface area contributed by atoms with Crippen LogP contribution in [0.1, 0.15) is 28.5 Å². The minimum absolute atomic E-state index is 0.0636. The van der Waals surface area contributed by atoms with E-state index < -0.39 is 11.7 Å². The molecule has 122 valence electrons. The van der Waals surface area contributed by atoms with Crippen LogP contribution in [0, 0.1) is 0 Å². The summed E-state index contributed by atoms with van der Waals surface area (Å²) >= 11 is 0. The number of benzene rings is 1. The van der Waals surface area contributed by atoms with Crippen LogP contribution < -0.4 is 5.32 Å². The molecule has 1 atom stereocenters. The standard InChI is InChI=1S/C17H17F3N2O/c18-17(19,20)14-3-1-2-12(9-14)8-13-4-5-15(22-10-13)16-11-21-6-7-23-16/h1-5,9-10,16,21H,6-8,11H2/t16-/m0/s1. The molecular formula is C17H17F3N2O. The van der Waals surface area contributed by atoms with Gasteiger partial charge in [-0.2, -0.15) is 13.2 Å². The number of rotatable bonds is 3. The maximum absolute atomic E-state index is 12.7. The zero-order valence-electron chi connectivity index (χ0n) is 12.4. The zero-order valence-corrected chi connectivity index (χ0v) is 12.4. The average Bonchev–Trinajstić information content (AvgIpc) is 2.56. The molecule has 1 saturated heterocycles. The monoisotopic (exact) mass is 322 g/mol. The first-order valence-electron chi connectivity index (χ1n) is 7.45. The van der Waals surface area contributed by atoms with Crippen molar-refractivity contribution >= 4 is 0 Å². The normalized spacial score (nSPS) is 18.8. The van der Waals surface area contributed by atoms with Gasteiger partial charge in [-0.15, -0.1) is 0 Å². The molecule has 3 rings (SSSR count). The summed E-state index contributed by atoms with van der Waals surface area (Å²) in [6.45, 7) is 2.21. The Morgan fingerprint density at radius 2 is 2.04 bits per heavy atom. The van der Waals surface area contributed by atoms with E-state index in [9.17, 15) is 13.2 Å². The summed E-state index contributed by atoms with van der Waals surface area (Å²) in [6, 6.07) is 9.15. The van der Waals surface area contributed by atoms with E-state index >= 15 is 0 Å². The largest absolute Gasteiger partial charge is 0.416 e. The van der Waals surface area contributed by atoms with Gasteiger partial charge in [-0.05, 0) is 29.7 Å². The van der Waals surface area contributed by atoms with Crippen molar-refractivity contribution in [2.24, 2.45) is 0 Å². The van der Waals surface area contributed by atoms with Crippen LogP contribution in [-0.2, 0) is 17.3 Å². The van der Waals surface area contributed by atoms with Gasteiger partial charge in [-0.3, -0.25) is 4.98 Å². The Morgan fingerprint density at radius 3 is 2.70 bits per heavy atom. The van der Waals surface area contributed by atoms with Gasteiger partial charge in [-0.25, -0.2) is 0 Å². The van der Waals surface area contributed by atoms with Gasteiger partial charge in [0.25, 0.3) is 0 Å². The Bertz CT molecular complexity index is 650. The molecule has 1 aliphatic heterocycles. The first kappa shape index (κ1) is 16.0. The highest BCUT2D eigenvalue weighted by Gasteiger charge is 2.30. The fourth-order valence-electron chi connectivity index (χ4n) is 2.58. The van der Waals surface area contributed by atoms with Crippen molar-refractivity contribution in [2.75, 3.05) is 19.7 Å². The van der Waals surface area contributed by atoms with Crippen molar-refractivity contribution in [3.63, 3.8) is 0 Å². The Hall–Kier alpha value is -1.92. The number of hydrogen-bond acceptors (Lipinski definition) is 3. The van der Waals surface area contributed by atoms with Crippen LogP contribution in [0.15, 0.2) is 42.6 Å². The van der Waals surface area contributed by atoms with Crippen molar-refractivity contribution in [3.05, 3.63) is 65.0 Å². The minimum atomic E-state index is -4.32. The summed E-state index contributed by atoms with van der Waals surface area (Å²) in [5.74, 6) is 0. The van der Waals surface area contributed by atoms with E-state index in [4.69, 9.17) is 4.74 Å². The van der Waals surface area contributed by atoms with Crippen LogP contribution in [0.2, 0.25) is 0 Å². The van der Waals surface area contributed by atoms with E-state index in [1.807, 2.05) is 12.1 Å². The molecule has 0 radical (unpaired) electrons. The number of aromatic nitrogens is 1. The number of ether oxygens (including phenoxy) is 1. The Balaban J connectivity index is 1.71. The minimum Gasteiger partial charge on any atom is -0.369 e. The molecule has 1 aliphatic rings. The number of halogens is 3. The van der Waals surface area contributed by atoms with E-state index in [2.05, 4.69) is 10.3 Å². The predicted molar refractivity (Wildman–Crippen MR) is 80.0 cm³/mol. The lowest BCUT2D eigenvalue weighted by Crippen LogP contribution is -2.33. The van der Waals surface area contributed by atoms with Gasteiger partial charge in [0.1, 0.15) is 6.10 Å². The van der Waals surface area contributed by atoms with Crippen LogP contribution in [0.5, 0.6) is 0 Å². The molecule has 1 aromatic heterocycles. The number of nitrogens with one attached hydrogen (secondary N) is 1. The molecular weight excluding hydrogens is 305 g/mol.